The van der Waals surface area contributed by atoms with Crippen LogP contribution in [0.1, 0.15) is 33.3 Å². The van der Waals surface area contributed by atoms with Crippen LogP contribution < -0.4 is 10.1 Å². The van der Waals surface area contributed by atoms with E-state index in [1.807, 2.05) is 20.8 Å². The fraction of sp³-hybridized carbons (Fsp3) is 0.533. The van der Waals surface area contributed by atoms with Crippen LogP contribution >= 0.6 is 0 Å². The van der Waals surface area contributed by atoms with Gasteiger partial charge in [-0.15, -0.1) is 0 Å². The molecule has 0 radical (unpaired) electrons. The smallest absolute Gasteiger partial charge is 0.346 e. The van der Waals surface area contributed by atoms with Crippen LogP contribution in [0.15, 0.2) is 18.2 Å². The van der Waals surface area contributed by atoms with E-state index in [0.29, 0.717) is 12.1 Å². The number of carbonyl (C=O) groups is 1. The van der Waals surface area contributed by atoms with Crippen LogP contribution in [0.3, 0.4) is 0 Å². The number of ether oxygens (including phenoxy) is 2. The Morgan fingerprint density at radius 3 is 2.60 bits per heavy atom. The molecule has 1 aromatic carbocycles. The van der Waals surface area contributed by atoms with Crippen LogP contribution in [0.5, 0.6) is 5.75 Å². The van der Waals surface area contributed by atoms with Crippen molar-refractivity contribution in [1.29, 1.82) is 0 Å². The predicted molar refractivity (Wildman–Crippen MR) is 75.1 cm³/mol. The molecule has 1 N–H and O–H groups in total. The van der Waals surface area contributed by atoms with Gasteiger partial charge in [-0.3, -0.25) is 0 Å². The lowest BCUT2D eigenvalue weighted by Gasteiger charge is -2.22. The molecule has 0 bridgehead atoms. The molecule has 20 heavy (non-hydrogen) atoms. The highest BCUT2D eigenvalue weighted by atomic mass is 19.1. The Morgan fingerprint density at radius 2 is 2.05 bits per heavy atom. The van der Waals surface area contributed by atoms with E-state index in [0.717, 1.165) is 0 Å². The number of carbonyl (C=O) groups excluding carboxylic acids is 1. The first-order valence-corrected chi connectivity index (χ1v) is 6.51. The molecule has 0 amide bonds. The zero-order chi connectivity index (χ0) is 15.3. The molecule has 0 aromatic heterocycles. The van der Waals surface area contributed by atoms with Gasteiger partial charge in [0.1, 0.15) is 0 Å². The average molecular weight is 283 g/mol. The van der Waals surface area contributed by atoms with Gasteiger partial charge in [0.15, 0.2) is 17.7 Å². The number of esters is 1. The zero-order valence-corrected chi connectivity index (χ0v) is 12.6. The van der Waals surface area contributed by atoms with E-state index >= 15 is 0 Å². The molecule has 1 aromatic rings. The van der Waals surface area contributed by atoms with Crippen molar-refractivity contribution in [2.45, 2.75) is 45.9 Å². The lowest BCUT2D eigenvalue weighted by atomic mass is 10.1. The van der Waals surface area contributed by atoms with E-state index in [1.54, 1.807) is 12.1 Å². The number of nitrogens with one attached hydrogen (secondary N) is 1. The molecule has 112 valence electrons. The minimum Gasteiger partial charge on any atom is -0.476 e. The van der Waals surface area contributed by atoms with Crippen molar-refractivity contribution in [3.05, 3.63) is 29.6 Å². The van der Waals surface area contributed by atoms with E-state index in [9.17, 15) is 9.18 Å². The third-order valence-electron chi connectivity index (χ3n) is 2.69. The number of rotatable bonds is 5. The first-order chi connectivity index (χ1) is 9.24. The Bertz CT molecular complexity index is 469. The molecule has 0 fully saturated rings. The predicted octanol–water partition coefficient (Wildman–Crippen LogP) is 2.65. The molecule has 4 nitrogen and oxygen atoms in total. The van der Waals surface area contributed by atoms with E-state index in [-0.39, 0.29) is 11.3 Å². The van der Waals surface area contributed by atoms with Crippen molar-refractivity contribution in [1.82, 2.24) is 5.32 Å². The maximum absolute atomic E-state index is 13.9. The lowest BCUT2D eigenvalue weighted by molar-refractivity contribution is -0.148. The van der Waals surface area contributed by atoms with Gasteiger partial charge in [-0.2, -0.15) is 0 Å². The zero-order valence-electron chi connectivity index (χ0n) is 12.6. The number of benzene rings is 1. The number of halogens is 1. The Balaban J connectivity index is 2.91. The summed E-state index contributed by atoms with van der Waals surface area (Å²) in [6.07, 6.45) is -0.856. The van der Waals surface area contributed by atoms with Crippen LogP contribution in [0, 0.1) is 5.82 Å². The number of para-hydroxylation sites is 1. The summed E-state index contributed by atoms with van der Waals surface area (Å²) in [6.45, 7) is 8.03. The Kier molecular flexibility index (Phi) is 5.51. The Morgan fingerprint density at radius 1 is 1.40 bits per heavy atom. The van der Waals surface area contributed by atoms with Crippen molar-refractivity contribution in [2.24, 2.45) is 0 Å². The lowest BCUT2D eigenvalue weighted by Crippen LogP contribution is -2.35. The summed E-state index contributed by atoms with van der Waals surface area (Å²) in [6, 6.07) is 4.69. The fourth-order valence-electron chi connectivity index (χ4n) is 1.58. The second kappa shape index (κ2) is 6.70. The molecular weight excluding hydrogens is 261 g/mol. The van der Waals surface area contributed by atoms with E-state index in [1.165, 1.54) is 20.1 Å². The summed E-state index contributed by atoms with van der Waals surface area (Å²) in [5.41, 5.74) is 0.563. The van der Waals surface area contributed by atoms with Gasteiger partial charge in [-0.1, -0.05) is 12.1 Å². The van der Waals surface area contributed by atoms with E-state index < -0.39 is 17.9 Å². The second-order valence-electron chi connectivity index (χ2n) is 5.61. The van der Waals surface area contributed by atoms with Gasteiger partial charge in [-0.25, -0.2) is 9.18 Å². The highest BCUT2D eigenvalue weighted by Gasteiger charge is 2.20. The van der Waals surface area contributed by atoms with Crippen LogP contribution in [0.25, 0.3) is 0 Å². The third kappa shape index (κ3) is 4.81. The van der Waals surface area contributed by atoms with Crippen LogP contribution in [0.2, 0.25) is 0 Å². The van der Waals surface area contributed by atoms with Crippen LogP contribution in [-0.4, -0.2) is 24.7 Å². The van der Waals surface area contributed by atoms with Crippen molar-refractivity contribution in [3.63, 3.8) is 0 Å². The SMILES string of the molecule is COC(=O)C(C)Oc1c(F)cccc1CNC(C)(C)C. The molecule has 0 spiro atoms. The van der Waals surface area contributed by atoms with Gasteiger partial charge in [-0.05, 0) is 33.8 Å². The van der Waals surface area contributed by atoms with Crippen molar-refractivity contribution in [3.8, 4) is 5.75 Å². The summed E-state index contributed by atoms with van der Waals surface area (Å²) >= 11 is 0. The normalized spacial score (nSPS) is 12.9. The number of hydrogen-bond donors (Lipinski definition) is 1. The van der Waals surface area contributed by atoms with Crippen molar-refractivity contribution in [2.75, 3.05) is 7.11 Å². The molecule has 1 rings (SSSR count). The number of hydrogen-bond acceptors (Lipinski definition) is 4. The summed E-state index contributed by atoms with van der Waals surface area (Å²) in [7, 11) is 1.27. The maximum Gasteiger partial charge on any atom is 0.346 e. The molecule has 5 heteroatoms. The van der Waals surface area contributed by atoms with Crippen molar-refractivity contribution >= 4 is 5.97 Å². The molecule has 0 heterocycles. The fourth-order valence-corrected chi connectivity index (χ4v) is 1.58. The van der Waals surface area contributed by atoms with Crippen LogP contribution in [0.4, 0.5) is 4.39 Å². The van der Waals surface area contributed by atoms with Gasteiger partial charge in [0.2, 0.25) is 0 Å². The minimum absolute atomic E-state index is 0.0853. The monoisotopic (exact) mass is 283 g/mol. The van der Waals surface area contributed by atoms with Gasteiger partial charge in [0.25, 0.3) is 0 Å². The molecule has 0 aliphatic heterocycles. The number of methoxy groups -OCH3 is 1. The standard InChI is InChI=1S/C15H22FNO3/c1-10(14(18)19-5)20-13-11(7-6-8-12(13)16)9-17-15(2,3)4/h6-8,10,17H,9H2,1-5H3. The summed E-state index contributed by atoms with van der Waals surface area (Å²) < 4.78 is 23.9. The summed E-state index contributed by atoms with van der Waals surface area (Å²) in [5, 5.41) is 3.26. The molecule has 1 atom stereocenters. The van der Waals surface area contributed by atoms with Crippen LogP contribution in [-0.2, 0) is 16.1 Å². The van der Waals surface area contributed by atoms with E-state index in [2.05, 4.69) is 10.1 Å². The first-order valence-electron chi connectivity index (χ1n) is 6.51. The average Bonchev–Trinajstić information content (AvgIpc) is 2.37. The molecule has 1 unspecified atom stereocenters. The summed E-state index contributed by atoms with van der Waals surface area (Å²) in [5.74, 6) is -0.945. The molecule has 0 saturated carbocycles. The molecule has 0 aliphatic carbocycles. The second-order valence-corrected chi connectivity index (χ2v) is 5.61. The topological polar surface area (TPSA) is 47.6 Å². The molecule has 0 aliphatic rings. The van der Waals surface area contributed by atoms with Gasteiger partial charge in [0.05, 0.1) is 7.11 Å². The van der Waals surface area contributed by atoms with Crippen molar-refractivity contribution < 1.29 is 18.7 Å². The summed E-state index contributed by atoms with van der Waals surface area (Å²) in [4.78, 5) is 11.4. The highest BCUT2D eigenvalue weighted by molar-refractivity contribution is 5.74. The third-order valence-corrected chi connectivity index (χ3v) is 2.69. The largest absolute Gasteiger partial charge is 0.476 e. The quantitative estimate of drug-likeness (QED) is 0.844. The first kappa shape index (κ1) is 16.4. The Hall–Kier alpha value is -1.62. The van der Waals surface area contributed by atoms with E-state index in [4.69, 9.17) is 4.74 Å². The van der Waals surface area contributed by atoms with Gasteiger partial charge < -0.3 is 14.8 Å². The molecule has 0 saturated heterocycles. The van der Waals surface area contributed by atoms with Gasteiger partial charge in [0, 0.05) is 17.6 Å². The molecular formula is C15H22FNO3. The van der Waals surface area contributed by atoms with Gasteiger partial charge >= 0.3 is 5.97 Å². The Labute approximate surface area is 119 Å². The highest BCUT2D eigenvalue weighted by Crippen LogP contribution is 2.24. The minimum atomic E-state index is -0.856. The maximum atomic E-state index is 13.9.